The van der Waals surface area contributed by atoms with Gasteiger partial charge < -0.3 is 5.73 Å². The summed E-state index contributed by atoms with van der Waals surface area (Å²) in [5.41, 5.74) is 6.46. The molecular formula is C12H24N2. The van der Waals surface area contributed by atoms with Crippen LogP contribution in [0.15, 0.2) is 4.99 Å². The minimum Gasteiger partial charge on any atom is -0.387 e. The molecule has 14 heavy (non-hydrogen) atoms. The van der Waals surface area contributed by atoms with Crippen LogP contribution in [0.3, 0.4) is 0 Å². The van der Waals surface area contributed by atoms with Gasteiger partial charge in [0.1, 0.15) is 0 Å². The van der Waals surface area contributed by atoms with Gasteiger partial charge in [-0.2, -0.15) is 0 Å². The van der Waals surface area contributed by atoms with Crippen LogP contribution in [0.2, 0.25) is 0 Å². The Kier molecular flexibility index (Phi) is 3.23. The molecule has 0 saturated heterocycles. The molecule has 1 fully saturated rings. The Morgan fingerprint density at radius 2 is 1.93 bits per heavy atom. The third-order valence-corrected chi connectivity index (χ3v) is 3.52. The topological polar surface area (TPSA) is 38.4 Å². The molecular weight excluding hydrogens is 172 g/mol. The van der Waals surface area contributed by atoms with Gasteiger partial charge in [0.05, 0.1) is 5.84 Å². The van der Waals surface area contributed by atoms with E-state index in [0.717, 1.165) is 12.4 Å². The van der Waals surface area contributed by atoms with Crippen LogP contribution < -0.4 is 5.73 Å². The molecule has 0 aliphatic heterocycles. The minimum absolute atomic E-state index is 0.0265. The molecule has 2 N–H and O–H groups in total. The summed E-state index contributed by atoms with van der Waals surface area (Å²) in [6, 6.07) is 0. The molecule has 2 heteroatoms. The van der Waals surface area contributed by atoms with Gasteiger partial charge in [-0.1, -0.05) is 34.1 Å². The molecule has 2 nitrogen and oxygen atoms in total. The maximum absolute atomic E-state index is 5.94. The average molecular weight is 196 g/mol. The van der Waals surface area contributed by atoms with E-state index in [4.69, 9.17) is 5.73 Å². The Labute approximate surface area is 88.0 Å². The summed E-state index contributed by atoms with van der Waals surface area (Å²) in [7, 11) is 0. The zero-order valence-corrected chi connectivity index (χ0v) is 10.1. The van der Waals surface area contributed by atoms with E-state index in [1.165, 1.54) is 25.7 Å². The Morgan fingerprint density at radius 3 is 2.21 bits per heavy atom. The molecule has 0 aromatic carbocycles. The number of hydrogen-bond donors (Lipinski definition) is 1. The molecule has 0 amide bonds. The fourth-order valence-electron chi connectivity index (χ4n) is 1.79. The van der Waals surface area contributed by atoms with Crippen molar-refractivity contribution in [3.8, 4) is 0 Å². The molecule has 0 aromatic heterocycles. The van der Waals surface area contributed by atoms with Crippen molar-refractivity contribution < 1.29 is 0 Å². The van der Waals surface area contributed by atoms with Crippen LogP contribution in [0.25, 0.3) is 0 Å². The summed E-state index contributed by atoms with van der Waals surface area (Å²) in [5, 5.41) is 0. The van der Waals surface area contributed by atoms with Crippen molar-refractivity contribution in [1.29, 1.82) is 0 Å². The molecule has 1 aliphatic rings. The molecule has 0 spiro atoms. The van der Waals surface area contributed by atoms with Crippen molar-refractivity contribution >= 4 is 5.84 Å². The van der Waals surface area contributed by atoms with Crippen molar-refractivity contribution in [3.05, 3.63) is 0 Å². The summed E-state index contributed by atoms with van der Waals surface area (Å²) >= 11 is 0. The first-order valence-corrected chi connectivity index (χ1v) is 5.70. The van der Waals surface area contributed by atoms with Gasteiger partial charge >= 0.3 is 0 Å². The van der Waals surface area contributed by atoms with Crippen LogP contribution in [0.1, 0.15) is 53.4 Å². The third kappa shape index (κ3) is 2.49. The quantitative estimate of drug-likeness (QED) is 0.547. The number of amidine groups is 1. The lowest BCUT2D eigenvalue weighted by Gasteiger charge is -2.40. The monoisotopic (exact) mass is 196 g/mol. The highest BCUT2D eigenvalue weighted by atomic mass is 14.9. The molecule has 82 valence electrons. The highest BCUT2D eigenvalue weighted by Gasteiger charge is 2.35. The van der Waals surface area contributed by atoms with E-state index in [1.54, 1.807) is 0 Å². The maximum Gasteiger partial charge on any atom is 0.0991 e. The zero-order valence-electron chi connectivity index (χ0n) is 10.1. The number of nitrogens with zero attached hydrogens (tertiary/aromatic N) is 1. The highest BCUT2D eigenvalue weighted by molar-refractivity contribution is 5.85. The lowest BCUT2D eigenvalue weighted by Crippen LogP contribution is -2.35. The molecule has 1 aliphatic carbocycles. The fourth-order valence-corrected chi connectivity index (χ4v) is 1.79. The molecule has 0 unspecified atom stereocenters. The van der Waals surface area contributed by atoms with E-state index in [2.05, 4.69) is 32.7 Å². The first-order valence-electron chi connectivity index (χ1n) is 5.70. The van der Waals surface area contributed by atoms with Crippen LogP contribution >= 0.6 is 0 Å². The Bertz CT molecular complexity index is 213. The second kappa shape index (κ2) is 3.92. The molecule has 0 aromatic rings. The van der Waals surface area contributed by atoms with Gasteiger partial charge in [-0.15, -0.1) is 0 Å². The fraction of sp³-hybridized carbons (Fsp3) is 0.917. The number of nitrogens with two attached hydrogens (primary N) is 1. The van der Waals surface area contributed by atoms with Crippen molar-refractivity contribution in [2.75, 3.05) is 6.54 Å². The number of rotatable bonds is 3. The highest BCUT2D eigenvalue weighted by Crippen LogP contribution is 2.44. The van der Waals surface area contributed by atoms with E-state index in [0.29, 0.717) is 5.41 Å². The standard InChI is InChI=1S/C12H24N2/c1-5-12(7-6-8-12)9-14-10(13)11(2,3)4/h5-9H2,1-4H3,(H2,13,14). The third-order valence-electron chi connectivity index (χ3n) is 3.52. The van der Waals surface area contributed by atoms with Gasteiger partial charge in [-0.05, 0) is 24.7 Å². The van der Waals surface area contributed by atoms with Crippen molar-refractivity contribution in [1.82, 2.24) is 0 Å². The van der Waals surface area contributed by atoms with Crippen molar-refractivity contribution in [3.63, 3.8) is 0 Å². The second-order valence-corrected chi connectivity index (χ2v) is 5.66. The van der Waals surface area contributed by atoms with Crippen LogP contribution in [-0.4, -0.2) is 12.4 Å². The predicted octanol–water partition coefficient (Wildman–Crippen LogP) is 2.97. The number of aliphatic imine (C=N–C) groups is 1. The van der Waals surface area contributed by atoms with Gasteiger partial charge in [0.2, 0.25) is 0 Å². The van der Waals surface area contributed by atoms with Crippen LogP contribution in [0, 0.1) is 10.8 Å². The van der Waals surface area contributed by atoms with Crippen molar-refractivity contribution in [2.24, 2.45) is 21.6 Å². The Balaban J connectivity index is 2.53. The first-order chi connectivity index (χ1) is 6.40. The van der Waals surface area contributed by atoms with Gasteiger partial charge in [0.25, 0.3) is 0 Å². The molecule has 0 atom stereocenters. The maximum atomic E-state index is 5.94. The second-order valence-electron chi connectivity index (χ2n) is 5.66. The smallest absolute Gasteiger partial charge is 0.0991 e. The molecule has 0 radical (unpaired) electrons. The van der Waals surface area contributed by atoms with Crippen LogP contribution in [-0.2, 0) is 0 Å². The average Bonchev–Trinajstić information content (AvgIpc) is 2.01. The Morgan fingerprint density at radius 1 is 1.36 bits per heavy atom. The lowest BCUT2D eigenvalue weighted by atomic mass is 9.67. The van der Waals surface area contributed by atoms with Gasteiger partial charge in [-0.3, -0.25) is 4.99 Å². The van der Waals surface area contributed by atoms with Gasteiger partial charge in [0, 0.05) is 12.0 Å². The van der Waals surface area contributed by atoms with Crippen molar-refractivity contribution in [2.45, 2.75) is 53.4 Å². The van der Waals surface area contributed by atoms with Crippen LogP contribution in [0.4, 0.5) is 0 Å². The summed E-state index contributed by atoms with van der Waals surface area (Å²) in [5.74, 6) is 0.803. The SMILES string of the molecule is CCC1(CN=C(N)C(C)(C)C)CCC1. The molecule has 0 bridgehead atoms. The van der Waals surface area contributed by atoms with E-state index < -0.39 is 0 Å². The largest absolute Gasteiger partial charge is 0.387 e. The van der Waals surface area contributed by atoms with E-state index in [9.17, 15) is 0 Å². The zero-order chi connectivity index (χ0) is 10.8. The Hall–Kier alpha value is -0.530. The summed E-state index contributed by atoms with van der Waals surface area (Å²) < 4.78 is 0. The predicted molar refractivity (Wildman–Crippen MR) is 62.5 cm³/mol. The van der Waals surface area contributed by atoms with Crippen LogP contribution in [0.5, 0.6) is 0 Å². The summed E-state index contributed by atoms with van der Waals surface area (Å²) in [6.07, 6.45) is 5.29. The van der Waals surface area contributed by atoms with E-state index in [-0.39, 0.29) is 5.41 Å². The molecule has 1 saturated carbocycles. The summed E-state index contributed by atoms with van der Waals surface area (Å²) in [6.45, 7) is 9.55. The van der Waals surface area contributed by atoms with E-state index in [1.807, 2.05) is 0 Å². The van der Waals surface area contributed by atoms with Gasteiger partial charge in [-0.25, -0.2) is 0 Å². The van der Waals surface area contributed by atoms with E-state index >= 15 is 0 Å². The lowest BCUT2D eigenvalue weighted by molar-refractivity contribution is 0.139. The minimum atomic E-state index is 0.0265. The van der Waals surface area contributed by atoms with Gasteiger partial charge in [0.15, 0.2) is 0 Å². The molecule has 0 heterocycles. The first kappa shape index (κ1) is 11.5. The molecule has 1 rings (SSSR count). The summed E-state index contributed by atoms with van der Waals surface area (Å²) in [4.78, 5) is 4.55. The normalized spacial score (nSPS) is 21.9. The number of hydrogen-bond acceptors (Lipinski definition) is 1.